The summed E-state index contributed by atoms with van der Waals surface area (Å²) in [6.07, 6.45) is 0.173. The number of aromatic nitrogens is 1. The van der Waals surface area contributed by atoms with Crippen molar-refractivity contribution in [1.82, 2.24) is 10.5 Å². The van der Waals surface area contributed by atoms with Crippen molar-refractivity contribution in [3.8, 4) is 5.75 Å². The molecule has 1 N–H and O–H groups in total. The van der Waals surface area contributed by atoms with Gasteiger partial charge < -0.3 is 14.6 Å². The van der Waals surface area contributed by atoms with E-state index in [0.29, 0.717) is 0 Å². The number of ether oxygens (including phenoxy) is 1. The van der Waals surface area contributed by atoms with E-state index >= 15 is 0 Å². The van der Waals surface area contributed by atoms with Gasteiger partial charge in [0.05, 0.1) is 12.1 Å². The lowest BCUT2D eigenvalue weighted by atomic mass is 10.1. The maximum atomic E-state index is 5.81. The Hall–Kier alpha value is -1.81. The van der Waals surface area contributed by atoms with E-state index in [2.05, 4.69) is 23.5 Å². The SMILES string of the molecule is Cc1cc([C@H](C)NCc2ccccc2OC(C)C)no1. The smallest absolute Gasteiger partial charge is 0.133 e. The van der Waals surface area contributed by atoms with Gasteiger partial charge in [-0.25, -0.2) is 0 Å². The van der Waals surface area contributed by atoms with Crippen LogP contribution in [0.15, 0.2) is 34.9 Å². The van der Waals surface area contributed by atoms with E-state index in [1.165, 1.54) is 0 Å². The van der Waals surface area contributed by atoms with Crippen LogP contribution in [-0.4, -0.2) is 11.3 Å². The van der Waals surface area contributed by atoms with E-state index in [0.717, 1.165) is 29.3 Å². The summed E-state index contributed by atoms with van der Waals surface area (Å²) in [6.45, 7) is 8.77. The second kappa shape index (κ2) is 6.57. The van der Waals surface area contributed by atoms with Crippen LogP contribution in [0, 0.1) is 6.92 Å². The van der Waals surface area contributed by atoms with Gasteiger partial charge in [0.25, 0.3) is 0 Å². The van der Waals surface area contributed by atoms with E-state index in [4.69, 9.17) is 9.26 Å². The van der Waals surface area contributed by atoms with Crippen LogP contribution >= 0.6 is 0 Å². The topological polar surface area (TPSA) is 47.3 Å². The predicted octanol–water partition coefficient (Wildman–Crippen LogP) is 3.62. The number of nitrogens with zero attached hydrogens (tertiary/aromatic N) is 1. The number of aryl methyl sites for hydroxylation is 1. The zero-order chi connectivity index (χ0) is 14.5. The van der Waals surface area contributed by atoms with Crippen molar-refractivity contribution in [2.24, 2.45) is 0 Å². The summed E-state index contributed by atoms with van der Waals surface area (Å²) in [4.78, 5) is 0. The Morgan fingerprint density at radius 2 is 2.00 bits per heavy atom. The molecule has 0 radical (unpaired) electrons. The minimum absolute atomic E-state index is 0.138. The zero-order valence-electron chi connectivity index (χ0n) is 12.5. The van der Waals surface area contributed by atoms with E-state index in [1.807, 2.05) is 45.0 Å². The first-order valence-electron chi connectivity index (χ1n) is 6.97. The Morgan fingerprint density at radius 3 is 2.65 bits per heavy atom. The number of hydrogen-bond donors (Lipinski definition) is 1. The molecule has 0 aliphatic carbocycles. The van der Waals surface area contributed by atoms with Gasteiger partial charge in [0, 0.05) is 18.2 Å². The van der Waals surface area contributed by atoms with Gasteiger partial charge in [0.2, 0.25) is 0 Å². The van der Waals surface area contributed by atoms with E-state index in [9.17, 15) is 0 Å². The number of benzene rings is 1. The largest absolute Gasteiger partial charge is 0.491 e. The monoisotopic (exact) mass is 274 g/mol. The first kappa shape index (κ1) is 14.6. The summed E-state index contributed by atoms with van der Waals surface area (Å²) >= 11 is 0. The van der Waals surface area contributed by atoms with Crippen LogP contribution in [-0.2, 0) is 6.54 Å². The highest BCUT2D eigenvalue weighted by atomic mass is 16.5. The molecule has 108 valence electrons. The lowest BCUT2D eigenvalue weighted by Crippen LogP contribution is -2.19. The minimum atomic E-state index is 0.138. The van der Waals surface area contributed by atoms with Crippen molar-refractivity contribution in [2.45, 2.75) is 46.4 Å². The lowest BCUT2D eigenvalue weighted by Gasteiger charge is -2.16. The number of para-hydroxylation sites is 1. The van der Waals surface area contributed by atoms with Crippen LogP contribution in [0.2, 0.25) is 0 Å². The highest BCUT2D eigenvalue weighted by Gasteiger charge is 2.11. The third-order valence-electron chi connectivity index (χ3n) is 3.02. The average molecular weight is 274 g/mol. The average Bonchev–Trinajstić information content (AvgIpc) is 2.83. The number of nitrogens with one attached hydrogen (secondary N) is 1. The van der Waals surface area contributed by atoms with Gasteiger partial charge in [0.15, 0.2) is 0 Å². The molecule has 1 heterocycles. The molecule has 4 heteroatoms. The van der Waals surface area contributed by atoms with Gasteiger partial charge in [-0.1, -0.05) is 23.4 Å². The maximum absolute atomic E-state index is 5.81. The fourth-order valence-corrected chi connectivity index (χ4v) is 1.98. The van der Waals surface area contributed by atoms with E-state index < -0.39 is 0 Å². The van der Waals surface area contributed by atoms with Gasteiger partial charge in [-0.3, -0.25) is 0 Å². The molecule has 0 saturated heterocycles. The number of rotatable bonds is 6. The zero-order valence-corrected chi connectivity index (χ0v) is 12.5. The van der Waals surface area contributed by atoms with Crippen molar-refractivity contribution in [2.75, 3.05) is 0 Å². The second-order valence-electron chi connectivity index (χ2n) is 5.24. The molecule has 0 unspecified atom stereocenters. The third kappa shape index (κ3) is 3.84. The normalized spacial score (nSPS) is 12.7. The van der Waals surface area contributed by atoms with Gasteiger partial charge in [-0.15, -0.1) is 0 Å². The molecule has 0 aliphatic rings. The fourth-order valence-electron chi connectivity index (χ4n) is 1.98. The molecule has 4 nitrogen and oxygen atoms in total. The fraction of sp³-hybridized carbons (Fsp3) is 0.438. The molecule has 1 atom stereocenters. The summed E-state index contributed by atoms with van der Waals surface area (Å²) in [5, 5.41) is 7.47. The molecule has 2 aromatic rings. The maximum Gasteiger partial charge on any atom is 0.133 e. The Labute approximate surface area is 120 Å². The molecule has 0 saturated carbocycles. The lowest BCUT2D eigenvalue weighted by molar-refractivity contribution is 0.239. The summed E-state index contributed by atoms with van der Waals surface area (Å²) in [5.74, 6) is 1.76. The molecule has 0 aliphatic heterocycles. The van der Waals surface area contributed by atoms with Crippen LogP contribution in [0.5, 0.6) is 5.75 Å². The number of hydrogen-bond acceptors (Lipinski definition) is 4. The molecule has 0 spiro atoms. The van der Waals surface area contributed by atoms with Crippen molar-refractivity contribution in [1.29, 1.82) is 0 Å². The van der Waals surface area contributed by atoms with Crippen LogP contribution in [0.25, 0.3) is 0 Å². The Balaban J connectivity index is 2.00. The van der Waals surface area contributed by atoms with Crippen molar-refractivity contribution >= 4 is 0 Å². The summed E-state index contributed by atoms with van der Waals surface area (Å²) in [5.41, 5.74) is 2.07. The Kier molecular flexibility index (Phi) is 4.79. The second-order valence-corrected chi connectivity index (χ2v) is 5.24. The first-order valence-corrected chi connectivity index (χ1v) is 6.97. The Morgan fingerprint density at radius 1 is 1.25 bits per heavy atom. The van der Waals surface area contributed by atoms with Crippen LogP contribution < -0.4 is 10.1 Å². The molecular weight excluding hydrogens is 252 g/mol. The van der Waals surface area contributed by atoms with Crippen molar-refractivity contribution in [3.05, 3.63) is 47.3 Å². The molecule has 1 aromatic carbocycles. The molecule has 0 bridgehead atoms. The van der Waals surface area contributed by atoms with E-state index in [-0.39, 0.29) is 12.1 Å². The van der Waals surface area contributed by atoms with Crippen molar-refractivity contribution < 1.29 is 9.26 Å². The molecular formula is C16H22N2O2. The highest BCUT2D eigenvalue weighted by Crippen LogP contribution is 2.20. The molecule has 20 heavy (non-hydrogen) atoms. The molecule has 1 aromatic heterocycles. The van der Waals surface area contributed by atoms with Crippen molar-refractivity contribution in [3.63, 3.8) is 0 Å². The third-order valence-corrected chi connectivity index (χ3v) is 3.02. The summed E-state index contributed by atoms with van der Waals surface area (Å²) < 4.78 is 10.9. The van der Waals surface area contributed by atoms with Crippen LogP contribution in [0.1, 0.15) is 43.8 Å². The van der Waals surface area contributed by atoms with Gasteiger partial charge >= 0.3 is 0 Å². The van der Waals surface area contributed by atoms with Crippen LogP contribution in [0.3, 0.4) is 0 Å². The summed E-state index contributed by atoms with van der Waals surface area (Å²) in [6, 6.07) is 10.2. The molecule has 2 rings (SSSR count). The van der Waals surface area contributed by atoms with E-state index in [1.54, 1.807) is 0 Å². The summed E-state index contributed by atoms with van der Waals surface area (Å²) in [7, 11) is 0. The standard InChI is InChI=1S/C16H22N2O2/c1-11(2)19-16-8-6-5-7-14(16)10-17-13(4)15-9-12(3)20-18-15/h5-9,11,13,17H,10H2,1-4H3/t13-/m0/s1. The first-order chi connectivity index (χ1) is 9.56. The van der Waals surface area contributed by atoms with Gasteiger partial charge in [0.1, 0.15) is 17.2 Å². The van der Waals surface area contributed by atoms with Crippen LogP contribution in [0.4, 0.5) is 0 Å². The minimum Gasteiger partial charge on any atom is -0.491 e. The molecule has 0 fully saturated rings. The molecule has 0 amide bonds. The van der Waals surface area contributed by atoms with Gasteiger partial charge in [-0.2, -0.15) is 0 Å². The predicted molar refractivity (Wildman–Crippen MR) is 78.7 cm³/mol. The Bertz CT molecular complexity index is 549. The highest BCUT2D eigenvalue weighted by molar-refractivity contribution is 5.33. The quantitative estimate of drug-likeness (QED) is 0.874. The van der Waals surface area contributed by atoms with Gasteiger partial charge in [-0.05, 0) is 33.8 Å².